The van der Waals surface area contributed by atoms with E-state index in [0.717, 1.165) is 12.1 Å². The highest BCUT2D eigenvalue weighted by molar-refractivity contribution is 6.46. The number of anilines is 1. The SMILES string of the molecule is CC/C(=N/NC(=O)c1nc(Cl)c(Cl)c(N)c1Cl)C(C)C. The minimum atomic E-state index is -0.591. The van der Waals surface area contributed by atoms with Gasteiger partial charge in [-0.15, -0.1) is 0 Å². The number of amides is 1. The van der Waals surface area contributed by atoms with Crippen molar-refractivity contribution in [3.63, 3.8) is 0 Å². The number of halogens is 3. The van der Waals surface area contributed by atoms with Crippen LogP contribution in [0.25, 0.3) is 0 Å². The monoisotopic (exact) mass is 336 g/mol. The van der Waals surface area contributed by atoms with Crippen molar-refractivity contribution < 1.29 is 4.79 Å². The number of rotatable bonds is 4. The number of carbonyl (C=O) groups is 1. The molecule has 1 heterocycles. The van der Waals surface area contributed by atoms with Crippen LogP contribution in [0.15, 0.2) is 5.10 Å². The summed E-state index contributed by atoms with van der Waals surface area (Å²) in [6.07, 6.45) is 0.725. The highest BCUT2D eigenvalue weighted by Gasteiger charge is 2.19. The number of nitrogens with one attached hydrogen (secondary N) is 1. The van der Waals surface area contributed by atoms with Gasteiger partial charge in [0.25, 0.3) is 5.91 Å². The summed E-state index contributed by atoms with van der Waals surface area (Å²) < 4.78 is 0. The standard InChI is InChI=1S/C12H15Cl3N4O/c1-4-6(5(2)3)18-19-12(20)10-7(13)9(16)8(14)11(15)17-10/h5H,4H2,1-3H3,(H2,16,17)(H,19,20)/b18-6-. The average Bonchev–Trinajstić information content (AvgIpc) is 2.40. The lowest BCUT2D eigenvalue weighted by molar-refractivity contribution is 0.0950. The topological polar surface area (TPSA) is 80.4 Å². The molecule has 0 fully saturated rings. The second kappa shape index (κ2) is 7.11. The smallest absolute Gasteiger partial charge is 0.291 e. The molecule has 20 heavy (non-hydrogen) atoms. The molecule has 5 nitrogen and oxygen atoms in total. The minimum absolute atomic E-state index is 0.0158. The van der Waals surface area contributed by atoms with E-state index in [0.29, 0.717) is 0 Å². The molecular formula is C12H15Cl3N4O. The Bertz CT molecular complexity index is 558. The summed E-state index contributed by atoms with van der Waals surface area (Å²) in [7, 11) is 0. The third-order valence-corrected chi connectivity index (χ3v) is 3.75. The van der Waals surface area contributed by atoms with Crippen LogP contribution in [0.2, 0.25) is 15.2 Å². The molecule has 0 saturated carbocycles. The van der Waals surface area contributed by atoms with Crippen molar-refractivity contribution in [2.45, 2.75) is 27.2 Å². The Hall–Kier alpha value is -1.04. The number of nitrogens with zero attached hydrogens (tertiary/aromatic N) is 2. The van der Waals surface area contributed by atoms with Crippen molar-refractivity contribution in [2.24, 2.45) is 11.0 Å². The molecule has 0 aliphatic rings. The molecule has 0 aromatic carbocycles. The van der Waals surface area contributed by atoms with Crippen molar-refractivity contribution in [1.82, 2.24) is 10.4 Å². The molecule has 0 unspecified atom stereocenters. The molecule has 0 saturated heterocycles. The van der Waals surface area contributed by atoms with Gasteiger partial charge >= 0.3 is 0 Å². The van der Waals surface area contributed by atoms with Gasteiger partial charge in [0, 0.05) is 5.71 Å². The quantitative estimate of drug-likeness (QED) is 0.498. The molecular weight excluding hydrogens is 323 g/mol. The molecule has 0 atom stereocenters. The van der Waals surface area contributed by atoms with E-state index in [-0.39, 0.29) is 32.5 Å². The second-order valence-corrected chi connectivity index (χ2v) is 5.46. The van der Waals surface area contributed by atoms with Crippen molar-refractivity contribution in [2.75, 3.05) is 5.73 Å². The highest BCUT2D eigenvalue weighted by atomic mass is 35.5. The van der Waals surface area contributed by atoms with Crippen LogP contribution in [0.5, 0.6) is 0 Å². The van der Waals surface area contributed by atoms with Gasteiger partial charge in [-0.25, -0.2) is 10.4 Å². The zero-order chi connectivity index (χ0) is 15.4. The number of nitrogen functional groups attached to an aromatic ring is 1. The van der Waals surface area contributed by atoms with Crippen LogP contribution < -0.4 is 11.2 Å². The van der Waals surface area contributed by atoms with E-state index in [2.05, 4.69) is 15.5 Å². The third-order valence-electron chi connectivity index (χ3n) is 2.62. The van der Waals surface area contributed by atoms with Crippen LogP contribution in [0.3, 0.4) is 0 Å². The van der Waals surface area contributed by atoms with Gasteiger partial charge in [0.15, 0.2) is 10.8 Å². The Kier molecular flexibility index (Phi) is 6.05. The normalized spacial score (nSPS) is 11.8. The van der Waals surface area contributed by atoms with Crippen molar-refractivity contribution in [3.05, 3.63) is 20.9 Å². The number of nitrogens with two attached hydrogens (primary N) is 1. The summed E-state index contributed by atoms with van der Waals surface area (Å²) in [5, 5.41) is 3.94. The molecule has 0 radical (unpaired) electrons. The number of aromatic nitrogens is 1. The number of hydrazone groups is 1. The number of hydrogen-bond donors (Lipinski definition) is 2. The van der Waals surface area contributed by atoms with Gasteiger partial charge in [0.2, 0.25) is 0 Å². The first-order valence-electron chi connectivity index (χ1n) is 5.96. The van der Waals surface area contributed by atoms with Gasteiger partial charge in [0.05, 0.1) is 10.7 Å². The zero-order valence-corrected chi connectivity index (χ0v) is 13.6. The van der Waals surface area contributed by atoms with E-state index in [1.807, 2.05) is 20.8 Å². The Labute approximate surface area is 132 Å². The molecule has 1 amide bonds. The molecule has 0 aliphatic carbocycles. The first kappa shape index (κ1) is 17.0. The lowest BCUT2D eigenvalue weighted by Gasteiger charge is -2.10. The minimum Gasteiger partial charge on any atom is -0.396 e. The fourth-order valence-electron chi connectivity index (χ4n) is 1.47. The predicted molar refractivity (Wildman–Crippen MR) is 83.7 cm³/mol. The summed E-state index contributed by atoms with van der Waals surface area (Å²) in [6.45, 7) is 5.92. The van der Waals surface area contributed by atoms with Gasteiger partial charge in [0.1, 0.15) is 5.02 Å². The first-order chi connectivity index (χ1) is 9.29. The van der Waals surface area contributed by atoms with E-state index in [1.165, 1.54) is 0 Å². The maximum atomic E-state index is 12.0. The Morgan fingerprint density at radius 1 is 1.35 bits per heavy atom. The number of carbonyl (C=O) groups excluding carboxylic acids is 1. The Morgan fingerprint density at radius 3 is 2.45 bits per heavy atom. The van der Waals surface area contributed by atoms with E-state index in [4.69, 9.17) is 40.5 Å². The van der Waals surface area contributed by atoms with Gasteiger partial charge in [-0.1, -0.05) is 55.6 Å². The third kappa shape index (κ3) is 3.75. The van der Waals surface area contributed by atoms with Crippen LogP contribution in [-0.2, 0) is 0 Å². The molecule has 0 bridgehead atoms. The lowest BCUT2D eigenvalue weighted by atomic mass is 10.1. The van der Waals surface area contributed by atoms with Gasteiger partial charge in [-0.3, -0.25) is 4.79 Å². The summed E-state index contributed by atoms with van der Waals surface area (Å²) >= 11 is 17.5. The van der Waals surface area contributed by atoms with Crippen molar-refractivity contribution >= 4 is 52.1 Å². The molecule has 0 spiro atoms. The Balaban J connectivity index is 3.05. The average molecular weight is 338 g/mol. The summed E-state index contributed by atoms with van der Waals surface area (Å²) in [5.74, 6) is -0.366. The lowest BCUT2D eigenvalue weighted by Crippen LogP contribution is -2.23. The van der Waals surface area contributed by atoms with E-state index >= 15 is 0 Å². The first-order valence-corrected chi connectivity index (χ1v) is 7.09. The van der Waals surface area contributed by atoms with Crippen LogP contribution in [0, 0.1) is 5.92 Å². The van der Waals surface area contributed by atoms with Gasteiger partial charge in [-0.2, -0.15) is 5.10 Å². The van der Waals surface area contributed by atoms with Gasteiger partial charge in [-0.05, 0) is 12.3 Å². The zero-order valence-electron chi connectivity index (χ0n) is 11.3. The van der Waals surface area contributed by atoms with Crippen LogP contribution in [-0.4, -0.2) is 16.6 Å². The molecule has 1 aromatic heterocycles. The van der Waals surface area contributed by atoms with Crippen LogP contribution in [0.1, 0.15) is 37.7 Å². The number of hydrogen-bond acceptors (Lipinski definition) is 4. The predicted octanol–water partition coefficient (Wildman–Crippen LogP) is 3.78. The molecule has 8 heteroatoms. The maximum absolute atomic E-state index is 12.0. The van der Waals surface area contributed by atoms with Crippen LogP contribution in [0.4, 0.5) is 5.69 Å². The molecule has 0 aliphatic heterocycles. The summed E-state index contributed by atoms with van der Waals surface area (Å²) in [5.41, 5.74) is 8.79. The number of pyridine rings is 1. The highest BCUT2D eigenvalue weighted by Crippen LogP contribution is 2.34. The fraction of sp³-hybridized carbons (Fsp3) is 0.417. The van der Waals surface area contributed by atoms with E-state index < -0.39 is 5.91 Å². The Morgan fingerprint density at radius 2 is 1.95 bits per heavy atom. The molecule has 3 N–H and O–H groups in total. The fourth-order valence-corrected chi connectivity index (χ4v) is 2.07. The molecule has 1 aromatic rings. The maximum Gasteiger partial charge on any atom is 0.291 e. The second-order valence-electron chi connectivity index (χ2n) is 4.35. The summed E-state index contributed by atoms with van der Waals surface area (Å²) in [4.78, 5) is 15.8. The van der Waals surface area contributed by atoms with Crippen molar-refractivity contribution in [3.8, 4) is 0 Å². The van der Waals surface area contributed by atoms with Gasteiger partial charge < -0.3 is 5.73 Å². The van der Waals surface area contributed by atoms with Crippen molar-refractivity contribution in [1.29, 1.82) is 0 Å². The largest absolute Gasteiger partial charge is 0.396 e. The van der Waals surface area contributed by atoms with E-state index in [1.54, 1.807) is 0 Å². The summed E-state index contributed by atoms with van der Waals surface area (Å²) in [6, 6.07) is 0. The molecule has 1 rings (SSSR count). The van der Waals surface area contributed by atoms with E-state index in [9.17, 15) is 4.79 Å². The van der Waals surface area contributed by atoms with Crippen LogP contribution >= 0.6 is 34.8 Å². The molecule has 110 valence electrons.